The summed E-state index contributed by atoms with van der Waals surface area (Å²) >= 11 is 0. The van der Waals surface area contributed by atoms with Crippen molar-refractivity contribution in [2.75, 3.05) is 0 Å². The van der Waals surface area contributed by atoms with Crippen molar-refractivity contribution in [2.45, 2.75) is 32.1 Å². The van der Waals surface area contributed by atoms with Crippen LogP contribution in [0.4, 0.5) is 0 Å². The second-order valence-electron chi connectivity index (χ2n) is 2.10. The maximum Gasteiger partial charge on any atom is 0.132 e. The van der Waals surface area contributed by atoms with Crippen LogP contribution in [0, 0.1) is 0 Å². The van der Waals surface area contributed by atoms with E-state index < -0.39 is 0 Å². The molecule has 0 N–H and O–H groups in total. The number of ketones is 1. The molecular formula is C6H10O. The van der Waals surface area contributed by atoms with Crippen LogP contribution >= 0.6 is 0 Å². The molecule has 1 aliphatic rings. The fourth-order valence-electron chi connectivity index (χ4n) is 0.946. The zero-order valence-electron chi connectivity index (χ0n) is 4.44. The lowest BCUT2D eigenvalue weighted by Gasteiger charge is -2.05. The Labute approximate surface area is 43.7 Å². The Bertz CT molecular complexity index is 68.2. The van der Waals surface area contributed by atoms with E-state index in [-0.39, 0.29) is 0 Å². The molecule has 0 aromatic heterocycles. The van der Waals surface area contributed by atoms with E-state index >= 15 is 0 Å². The molecule has 40 valence electrons. The largest absolute Gasteiger partial charge is 0.300 e. The Morgan fingerprint density at radius 1 is 1.00 bits per heavy atom. The predicted octanol–water partition coefficient (Wildman–Crippen LogP) is 1.52. The molecule has 0 saturated heterocycles. The van der Waals surface area contributed by atoms with Gasteiger partial charge in [-0.15, -0.1) is 0 Å². The van der Waals surface area contributed by atoms with Crippen LogP contribution in [0.15, 0.2) is 0 Å². The van der Waals surface area contributed by atoms with E-state index in [1.165, 1.54) is 6.42 Å². The maximum atomic E-state index is 10.5. The fourth-order valence-corrected chi connectivity index (χ4v) is 0.946. The normalized spacial score (nSPS) is 22.6. The predicted molar refractivity (Wildman–Crippen MR) is 28.1 cm³/mol. The molecule has 0 aromatic carbocycles. The van der Waals surface area contributed by atoms with Crippen molar-refractivity contribution in [3.8, 4) is 0 Å². The highest BCUT2D eigenvalue weighted by atomic mass is 16.2. The minimum atomic E-state index is 0.464. The van der Waals surface area contributed by atoms with Gasteiger partial charge in [0.1, 0.15) is 5.78 Å². The molecule has 1 fully saturated rings. The summed E-state index contributed by atoms with van der Waals surface area (Å²) in [6, 6.07) is 0. The van der Waals surface area contributed by atoms with Crippen molar-refractivity contribution in [2.24, 2.45) is 0 Å². The van der Waals surface area contributed by atoms with E-state index in [1.807, 2.05) is 0 Å². The second-order valence-corrected chi connectivity index (χ2v) is 2.10. The number of hydrogen-bond acceptors (Lipinski definition) is 1. The molecule has 1 rings (SSSR count). The van der Waals surface area contributed by atoms with Crippen molar-refractivity contribution < 1.29 is 4.79 Å². The molecule has 0 bridgehead atoms. The molecule has 1 nitrogen and oxygen atoms in total. The third-order valence-electron chi connectivity index (χ3n) is 1.41. The summed E-state index contributed by atoms with van der Waals surface area (Å²) in [6.07, 6.45) is 5.24. The Balaban J connectivity index is 2.25. The van der Waals surface area contributed by atoms with E-state index in [0.717, 1.165) is 25.7 Å². The van der Waals surface area contributed by atoms with Crippen LogP contribution in [0.2, 0.25) is 0 Å². The molecule has 1 aliphatic carbocycles. The van der Waals surface area contributed by atoms with Gasteiger partial charge in [0.2, 0.25) is 0 Å². The third-order valence-corrected chi connectivity index (χ3v) is 1.41. The zero-order chi connectivity index (χ0) is 5.11. The van der Waals surface area contributed by atoms with Crippen molar-refractivity contribution in [3.63, 3.8) is 0 Å². The number of hydrogen-bond donors (Lipinski definition) is 0. The number of Topliss-reactive ketones (excluding diaryl/α,β-unsaturated/α-hetero) is 1. The standard InChI is InChI=1S/C6H10O/c7-6-4-2-1-3-5-6/h1-5H2/i6+1. The lowest BCUT2D eigenvalue weighted by molar-refractivity contribution is -0.120. The van der Waals surface area contributed by atoms with Crippen LogP contribution in [-0.2, 0) is 4.79 Å². The number of carbonyl (C=O) groups excluding carboxylic acids is 1. The van der Waals surface area contributed by atoms with Gasteiger partial charge in [-0.25, -0.2) is 0 Å². The summed E-state index contributed by atoms with van der Waals surface area (Å²) in [4.78, 5) is 10.5. The first-order chi connectivity index (χ1) is 3.39. The topological polar surface area (TPSA) is 17.1 Å². The summed E-state index contributed by atoms with van der Waals surface area (Å²) in [5.41, 5.74) is 0. The SMILES string of the molecule is O=[13C]1CCCCC1. The quantitative estimate of drug-likeness (QED) is 0.421. The van der Waals surface area contributed by atoms with Crippen LogP contribution in [0.1, 0.15) is 32.1 Å². The highest BCUT2D eigenvalue weighted by molar-refractivity contribution is 5.78. The first-order valence-corrected chi connectivity index (χ1v) is 2.91. The van der Waals surface area contributed by atoms with Crippen LogP contribution in [-0.4, -0.2) is 5.78 Å². The Hall–Kier alpha value is -0.330. The highest BCUT2D eigenvalue weighted by Gasteiger charge is 2.05. The molecule has 0 heterocycles. The molecule has 0 amide bonds. The second kappa shape index (κ2) is 2.10. The summed E-state index contributed by atoms with van der Waals surface area (Å²) < 4.78 is 0. The summed E-state index contributed by atoms with van der Waals surface area (Å²) in [7, 11) is 0. The maximum absolute atomic E-state index is 10.5. The van der Waals surface area contributed by atoms with Crippen molar-refractivity contribution in [3.05, 3.63) is 0 Å². The summed E-state index contributed by atoms with van der Waals surface area (Å²) in [6.45, 7) is 0. The molecule has 1 saturated carbocycles. The van der Waals surface area contributed by atoms with Gasteiger partial charge in [-0.2, -0.15) is 0 Å². The van der Waals surface area contributed by atoms with Crippen molar-refractivity contribution in [1.82, 2.24) is 0 Å². The molecule has 0 aliphatic heterocycles. The van der Waals surface area contributed by atoms with Crippen molar-refractivity contribution in [1.29, 1.82) is 0 Å². The molecular weight excluding hydrogens is 89.1 g/mol. The molecule has 0 radical (unpaired) electrons. The van der Waals surface area contributed by atoms with Gasteiger partial charge in [0.05, 0.1) is 0 Å². The van der Waals surface area contributed by atoms with Gasteiger partial charge < -0.3 is 0 Å². The highest BCUT2D eigenvalue weighted by Crippen LogP contribution is 2.12. The minimum absolute atomic E-state index is 0.464. The van der Waals surface area contributed by atoms with E-state index in [9.17, 15) is 4.79 Å². The van der Waals surface area contributed by atoms with Gasteiger partial charge >= 0.3 is 0 Å². The molecule has 0 atom stereocenters. The zero-order valence-corrected chi connectivity index (χ0v) is 4.44. The van der Waals surface area contributed by atoms with Crippen molar-refractivity contribution >= 4 is 5.78 Å². The number of carbonyl (C=O) groups is 1. The monoisotopic (exact) mass is 99.1 g/mol. The first kappa shape index (κ1) is 4.82. The lowest BCUT2D eigenvalue weighted by Crippen LogP contribution is -2.02. The van der Waals surface area contributed by atoms with E-state index in [1.54, 1.807) is 0 Å². The summed E-state index contributed by atoms with van der Waals surface area (Å²) in [5, 5.41) is 0. The van der Waals surface area contributed by atoms with Crippen LogP contribution in [0.25, 0.3) is 0 Å². The Kier molecular flexibility index (Phi) is 1.45. The van der Waals surface area contributed by atoms with Gasteiger partial charge in [0, 0.05) is 12.8 Å². The average Bonchev–Trinajstić information content (AvgIpc) is 1.69. The van der Waals surface area contributed by atoms with Gasteiger partial charge in [-0.3, -0.25) is 4.79 Å². The molecule has 0 unspecified atom stereocenters. The smallest absolute Gasteiger partial charge is 0.132 e. The molecule has 0 aromatic rings. The Morgan fingerprint density at radius 3 is 1.86 bits per heavy atom. The minimum Gasteiger partial charge on any atom is -0.300 e. The third kappa shape index (κ3) is 1.30. The van der Waals surface area contributed by atoms with E-state index in [4.69, 9.17) is 0 Å². The Morgan fingerprint density at radius 2 is 1.57 bits per heavy atom. The average molecular weight is 99.1 g/mol. The molecule has 1 heteroatoms. The van der Waals surface area contributed by atoms with E-state index in [2.05, 4.69) is 0 Å². The van der Waals surface area contributed by atoms with Crippen LogP contribution in [0.5, 0.6) is 0 Å². The number of rotatable bonds is 0. The first-order valence-electron chi connectivity index (χ1n) is 2.91. The van der Waals surface area contributed by atoms with Crippen LogP contribution < -0.4 is 0 Å². The van der Waals surface area contributed by atoms with Crippen LogP contribution in [0.3, 0.4) is 0 Å². The van der Waals surface area contributed by atoms with Gasteiger partial charge in [-0.1, -0.05) is 6.42 Å². The van der Waals surface area contributed by atoms with Gasteiger partial charge in [0.15, 0.2) is 0 Å². The van der Waals surface area contributed by atoms with Gasteiger partial charge in [0.25, 0.3) is 0 Å². The van der Waals surface area contributed by atoms with E-state index in [0.29, 0.717) is 5.78 Å². The fraction of sp³-hybridized carbons (Fsp3) is 0.833. The molecule has 7 heavy (non-hydrogen) atoms. The van der Waals surface area contributed by atoms with Gasteiger partial charge in [-0.05, 0) is 12.8 Å². The molecule has 0 spiro atoms. The lowest BCUT2D eigenvalue weighted by atomic mass is 10.1. The summed E-state index contributed by atoms with van der Waals surface area (Å²) in [5.74, 6) is 0.464.